The number of hydrogen-bond donors (Lipinski definition) is 0. The number of rotatable bonds is 20. The van der Waals surface area contributed by atoms with Gasteiger partial charge in [-0.3, -0.25) is 14.7 Å². The topological polar surface area (TPSA) is 92.8 Å². The van der Waals surface area contributed by atoms with Crippen LogP contribution in [-0.4, -0.2) is 130 Å². The zero-order chi connectivity index (χ0) is 38.3. The smallest absolute Gasteiger partial charge is 0.150 e. The molecule has 302 valence electrons. The summed E-state index contributed by atoms with van der Waals surface area (Å²) in [4.78, 5) is 6.70. The number of ether oxygens (including phenoxy) is 9. The molecule has 0 amide bonds. The molecule has 0 radical (unpaired) electrons. The van der Waals surface area contributed by atoms with Gasteiger partial charge < -0.3 is 42.6 Å². The van der Waals surface area contributed by atoms with Gasteiger partial charge in [-0.25, -0.2) is 0 Å². The zero-order valence-electron chi connectivity index (χ0n) is 35.2. The van der Waals surface area contributed by atoms with E-state index < -0.39 is 11.2 Å². The van der Waals surface area contributed by atoms with Gasteiger partial charge >= 0.3 is 0 Å². The molecule has 3 saturated heterocycles. The molecule has 4 atom stereocenters. The molecule has 3 aliphatic rings. The van der Waals surface area contributed by atoms with Crippen molar-refractivity contribution in [2.24, 2.45) is 29.1 Å². The molecule has 0 spiro atoms. The highest BCUT2D eigenvalue weighted by atomic mass is 16.7. The van der Waals surface area contributed by atoms with E-state index in [1.54, 1.807) is 0 Å². The van der Waals surface area contributed by atoms with Crippen molar-refractivity contribution in [3.8, 4) is 0 Å². The predicted molar refractivity (Wildman–Crippen MR) is 198 cm³/mol. The molecular formula is C39H77N3O9. The quantitative estimate of drug-likeness (QED) is 0.136. The van der Waals surface area contributed by atoms with Crippen LogP contribution in [0.15, 0.2) is 0 Å². The third-order valence-electron chi connectivity index (χ3n) is 12.8. The summed E-state index contributed by atoms with van der Waals surface area (Å²) in [5.41, 5.74) is -1.60. The van der Waals surface area contributed by atoms with Crippen LogP contribution in [0.4, 0.5) is 0 Å². The molecule has 51 heavy (non-hydrogen) atoms. The SMILES string of the molecule is CC(COCC(C)(C)C(CC(C)(C)OCC(C)C(C)(C)N1COCOC1)C(C)(C)OCC(C)C(C)(C)N1COCOC1)C(C)(C)N1COCOC1. The lowest BCUT2D eigenvalue weighted by atomic mass is 9.66. The Balaban J connectivity index is 1.74. The van der Waals surface area contributed by atoms with Crippen molar-refractivity contribution in [3.05, 3.63) is 0 Å². The molecule has 3 aliphatic heterocycles. The lowest BCUT2D eigenvalue weighted by Crippen LogP contribution is -2.55. The summed E-state index contributed by atoms with van der Waals surface area (Å²) in [6.45, 7) is 40.6. The van der Waals surface area contributed by atoms with Crippen LogP contribution in [-0.2, 0) is 42.6 Å². The fraction of sp³-hybridized carbons (Fsp3) is 1.00. The minimum absolute atomic E-state index is 0.108. The van der Waals surface area contributed by atoms with Gasteiger partial charge in [0, 0.05) is 16.6 Å². The van der Waals surface area contributed by atoms with E-state index in [1.807, 2.05) is 0 Å². The Labute approximate surface area is 311 Å². The van der Waals surface area contributed by atoms with Crippen LogP contribution in [0.5, 0.6) is 0 Å². The first-order valence-corrected chi connectivity index (χ1v) is 19.1. The maximum absolute atomic E-state index is 6.99. The number of hydrogen-bond acceptors (Lipinski definition) is 12. The van der Waals surface area contributed by atoms with Crippen molar-refractivity contribution in [2.45, 2.75) is 138 Å². The van der Waals surface area contributed by atoms with Gasteiger partial charge in [0.1, 0.15) is 60.8 Å². The molecule has 4 unspecified atom stereocenters. The molecule has 12 heteroatoms. The predicted octanol–water partition coefficient (Wildman–Crippen LogP) is 6.53. The zero-order valence-corrected chi connectivity index (χ0v) is 35.2. The molecule has 3 heterocycles. The second kappa shape index (κ2) is 18.4. The Morgan fingerprint density at radius 1 is 0.490 bits per heavy atom. The van der Waals surface area contributed by atoms with Crippen molar-refractivity contribution >= 4 is 0 Å². The fourth-order valence-corrected chi connectivity index (χ4v) is 7.12. The van der Waals surface area contributed by atoms with E-state index in [0.29, 0.717) is 87.2 Å². The molecule has 0 aromatic carbocycles. The molecule has 0 aromatic heterocycles. The Kier molecular flexibility index (Phi) is 16.2. The minimum atomic E-state index is -0.479. The highest BCUT2D eigenvalue weighted by molar-refractivity contribution is 4.96. The second-order valence-corrected chi connectivity index (χ2v) is 18.9. The summed E-state index contributed by atoms with van der Waals surface area (Å²) < 4.78 is 54.0. The van der Waals surface area contributed by atoms with Gasteiger partial charge in [0.05, 0.1) is 37.6 Å². The third-order valence-corrected chi connectivity index (χ3v) is 12.8. The average molecular weight is 732 g/mol. The molecule has 0 aliphatic carbocycles. The van der Waals surface area contributed by atoms with E-state index in [1.165, 1.54) is 0 Å². The van der Waals surface area contributed by atoms with Crippen molar-refractivity contribution in [2.75, 3.05) is 87.2 Å². The summed E-state index contributed by atoms with van der Waals surface area (Å²) in [6, 6.07) is 0. The Morgan fingerprint density at radius 3 is 1.20 bits per heavy atom. The van der Waals surface area contributed by atoms with Gasteiger partial charge in [0.25, 0.3) is 0 Å². The van der Waals surface area contributed by atoms with E-state index in [9.17, 15) is 0 Å². The standard InChI is InChI=1S/C39H77N3O9/c1-30(36(8,9)40-21-44-27-45-22-40)17-43-20-34(4,5)33(39(14,15)51-19-32(3)38(12,13)42-25-48-29-49-26-42)16-35(6,7)50-18-31(2)37(10,11)41-23-46-28-47-24-41/h30-33H,16-29H2,1-15H3. The molecule has 0 saturated carbocycles. The molecular weight excluding hydrogens is 654 g/mol. The van der Waals surface area contributed by atoms with Crippen LogP contribution in [0.3, 0.4) is 0 Å². The Morgan fingerprint density at radius 2 is 0.824 bits per heavy atom. The van der Waals surface area contributed by atoms with E-state index in [-0.39, 0.29) is 45.7 Å². The van der Waals surface area contributed by atoms with Crippen molar-refractivity contribution in [1.82, 2.24) is 14.7 Å². The van der Waals surface area contributed by atoms with E-state index >= 15 is 0 Å². The summed E-state index contributed by atoms with van der Waals surface area (Å²) in [5.74, 6) is 0.833. The first-order valence-electron chi connectivity index (χ1n) is 19.1. The minimum Gasteiger partial charge on any atom is -0.381 e. The van der Waals surface area contributed by atoms with Gasteiger partial charge in [-0.2, -0.15) is 0 Å². The molecule has 0 aromatic rings. The van der Waals surface area contributed by atoms with Crippen LogP contribution in [0.2, 0.25) is 0 Å². The summed E-state index contributed by atoms with van der Waals surface area (Å²) in [5, 5.41) is 0. The monoisotopic (exact) mass is 732 g/mol. The van der Waals surface area contributed by atoms with E-state index in [0.717, 1.165) is 6.42 Å². The first kappa shape index (κ1) is 44.9. The third kappa shape index (κ3) is 12.3. The lowest BCUT2D eigenvalue weighted by molar-refractivity contribution is -0.223. The maximum atomic E-state index is 6.99. The van der Waals surface area contributed by atoms with Crippen molar-refractivity contribution in [1.29, 1.82) is 0 Å². The number of nitrogens with zero attached hydrogens (tertiary/aromatic N) is 3. The van der Waals surface area contributed by atoms with Crippen LogP contribution >= 0.6 is 0 Å². The Hall–Kier alpha value is -0.480. The van der Waals surface area contributed by atoms with E-state index in [2.05, 4.69) is 119 Å². The highest BCUT2D eigenvalue weighted by Gasteiger charge is 2.47. The molecule has 3 fully saturated rings. The summed E-state index contributed by atoms with van der Waals surface area (Å²) >= 11 is 0. The first-order chi connectivity index (χ1) is 23.5. The molecule has 0 N–H and O–H groups in total. The van der Waals surface area contributed by atoms with Crippen LogP contribution in [0.1, 0.15) is 110 Å². The summed E-state index contributed by atoms with van der Waals surface area (Å²) in [6.07, 6.45) is 0.800. The second-order valence-electron chi connectivity index (χ2n) is 18.9. The van der Waals surface area contributed by atoms with Gasteiger partial charge in [0.15, 0.2) is 0 Å². The fourth-order valence-electron chi connectivity index (χ4n) is 7.12. The van der Waals surface area contributed by atoms with E-state index in [4.69, 9.17) is 42.6 Å². The van der Waals surface area contributed by atoms with Crippen LogP contribution in [0.25, 0.3) is 0 Å². The largest absolute Gasteiger partial charge is 0.381 e. The molecule has 0 bridgehead atoms. The summed E-state index contributed by atoms with van der Waals surface area (Å²) in [7, 11) is 0. The average Bonchev–Trinajstić information content (AvgIpc) is 3.09. The highest BCUT2D eigenvalue weighted by Crippen LogP contribution is 2.44. The van der Waals surface area contributed by atoms with Gasteiger partial charge in [0.2, 0.25) is 0 Å². The Bertz CT molecular complexity index is 1020. The van der Waals surface area contributed by atoms with Gasteiger partial charge in [-0.1, -0.05) is 34.6 Å². The van der Waals surface area contributed by atoms with Gasteiger partial charge in [-0.05, 0) is 105 Å². The lowest BCUT2D eigenvalue weighted by Gasteiger charge is -2.49. The maximum Gasteiger partial charge on any atom is 0.150 e. The van der Waals surface area contributed by atoms with Gasteiger partial charge in [-0.15, -0.1) is 0 Å². The van der Waals surface area contributed by atoms with Crippen molar-refractivity contribution < 1.29 is 42.6 Å². The molecule has 3 rings (SSSR count). The molecule has 12 nitrogen and oxygen atoms in total. The van der Waals surface area contributed by atoms with Crippen molar-refractivity contribution in [3.63, 3.8) is 0 Å². The normalized spacial score (nSPS) is 22.9. The van der Waals surface area contributed by atoms with Crippen LogP contribution < -0.4 is 0 Å². The van der Waals surface area contributed by atoms with Crippen LogP contribution in [0, 0.1) is 29.1 Å².